The number of aliphatic imine (C=N–C) groups is 1. The Bertz CT molecular complexity index is 742. The molecule has 0 radical (unpaired) electrons. The third kappa shape index (κ3) is 4.67. The van der Waals surface area contributed by atoms with Gasteiger partial charge < -0.3 is 0 Å². The average Bonchev–Trinajstić information content (AvgIpc) is 2.53. The van der Waals surface area contributed by atoms with E-state index < -0.39 is 0 Å². The molecule has 0 spiro atoms. The summed E-state index contributed by atoms with van der Waals surface area (Å²) in [7, 11) is 0. The largest absolute Gasteiger partial charge is 0.195 e. The number of thiocarbonyl (C=S) groups is 1. The van der Waals surface area contributed by atoms with Crippen LogP contribution >= 0.6 is 12.2 Å². The van der Waals surface area contributed by atoms with Crippen molar-refractivity contribution in [1.82, 2.24) is 0 Å². The van der Waals surface area contributed by atoms with Crippen LogP contribution in [-0.4, -0.2) is 5.16 Å². The minimum absolute atomic E-state index is 0.805. The van der Waals surface area contributed by atoms with Crippen molar-refractivity contribution < 1.29 is 0 Å². The van der Waals surface area contributed by atoms with E-state index in [1.165, 1.54) is 24.0 Å². The summed E-state index contributed by atoms with van der Waals surface area (Å²) in [5, 5.41) is 2.37. The molecule has 0 aliphatic heterocycles. The Morgan fingerprint density at radius 2 is 1.82 bits per heavy atom. The third-order valence-electron chi connectivity index (χ3n) is 3.44. The second-order valence-electron chi connectivity index (χ2n) is 5.26. The van der Waals surface area contributed by atoms with E-state index >= 15 is 0 Å². The number of unbranched alkanes of at least 4 members (excludes halogenated alkanes) is 1. The number of benzene rings is 2. The third-order valence-corrected chi connectivity index (χ3v) is 3.54. The molecule has 0 saturated carbocycles. The van der Waals surface area contributed by atoms with Gasteiger partial charge in [0.1, 0.15) is 0 Å². The first-order valence-corrected chi connectivity index (χ1v) is 7.93. The highest BCUT2D eigenvalue weighted by atomic mass is 32.1. The van der Waals surface area contributed by atoms with Gasteiger partial charge in [-0.2, -0.15) is 4.99 Å². The zero-order valence-corrected chi connectivity index (χ0v) is 13.8. The van der Waals surface area contributed by atoms with E-state index in [0.29, 0.717) is 0 Å². The zero-order valence-electron chi connectivity index (χ0n) is 13.0. The summed E-state index contributed by atoms with van der Waals surface area (Å²) in [4.78, 5) is 3.94. The Morgan fingerprint density at radius 1 is 1.05 bits per heavy atom. The van der Waals surface area contributed by atoms with Crippen LogP contribution in [0.5, 0.6) is 0 Å². The van der Waals surface area contributed by atoms with Crippen LogP contribution in [0, 0.1) is 18.8 Å². The van der Waals surface area contributed by atoms with E-state index in [0.717, 1.165) is 23.2 Å². The SMILES string of the molecule is CCCCc1cc(C)ccc1C#Cc1ccc(N=C=S)cc1. The first-order valence-electron chi connectivity index (χ1n) is 7.52. The number of hydrogen-bond donors (Lipinski definition) is 0. The van der Waals surface area contributed by atoms with Crippen LogP contribution in [0.2, 0.25) is 0 Å². The quantitative estimate of drug-likeness (QED) is 0.414. The maximum Gasteiger partial charge on any atom is 0.0740 e. The lowest BCUT2D eigenvalue weighted by Crippen LogP contribution is -1.91. The molecule has 2 aromatic carbocycles. The average molecular weight is 305 g/mol. The smallest absolute Gasteiger partial charge is 0.0740 e. The highest BCUT2D eigenvalue weighted by Crippen LogP contribution is 2.15. The molecule has 0 amide bonds. The van der Waals surface area contributed by atoms with Gasteiger partial charge in [0, 0.05) is 11.1 Å². The fourth-order valence-corrected chi connectivity index (χ4v) is 2.34. The van der Waals surface area contributed by atoms with Gasteiger partial charge in [-0.25, -0.2) is 0 Å². The van der Waals surface area contributed by atoms with E-state index in [1.54, 1.807) is 0 Å². The molecule has 22 heavy (non-hydrogen) atoms. The van der Waals surface area contributed by atoms with Gasteiger partial charge in [0.25, 0.3) is 0 Å². The molecule has 0 heterocycles. The Kier molecular flexibility index (Phi) is 6.10. The first-order chi connectivity index (χ1) is 10.7. The van der Waals surface area contributed by atoms with Crippen molar-refractivity contribution in [2.75, 3.05) is 0 Å². The van der Waals surface area contributed by atoms with Gasteiger partial charge in [-0.05, 0) is 67.9 Å². The Labute approximate surface area is 138 Å². The number of hydrogen-bond acceptors (Lipinski definition) is 2. The van der Waals surface area contributed by atoms with Gasteiger partial charge in [-0.3, -0.25) is 0 Å². The lowest BCUT2D eigenvalue weighted by molar-refractivity contribution is 0.793. The van der Waals surface area contributed by atoms with E-state index in [-0.39, 0.29) is 0 Å². The maximum absolute atomic E-state index is 4.60. The highest BCUT2D eigenvalue weighted by Gasteiger charge is 2.00. The fourth-order valence-electron chi connectivity index (χ4n) is 2.23. The molecule has 0 unspecified atom stereocenters. The minimum atomic E-state index is 0.805. The topological polar surface area (TPSA) is 12.4 Å². The van der Waals surface area contributed by atoms with Crippen molar-refractivity contribution in [3.05, 3.63) is 64.7 Å². The standard InChI is InChI=1S/C20H19NS/c1-3-4-5-19-14-16(2)6-10-18(19)11-7-17-8-12-20(13-9-17)21-15-22/h6,8-10,12-14H,3-5H2,1-2H3. The van der Waals surface area contributed by atoms with Crippen LogP contribution in [0.4, 0.5) is 5.69 Å². The van der Waals surface area contributed by atoms with Gasteiger partial charge in [-0.15, -0.1) is 0 Å². The second-order valence-corrected chi connectivity index (χ2v) is 5.45. The normalized spacial score (nSPS) is 9.55. The van der Waals surface area contributed by atoms with Crippen molar-refractivity contribution in [3.63, 3.8) is 0 Å². The first kappa shape index (κ1) is 16.2. The lowest BCUT2D eigenvalue weighted by Gasteiger charge is -2.05. The zero-order chi connectivity index (χ0) is 15.8. The Hall–Kier alpha value is -2.20. The lowest BCUT2D eigenvalue weighted by atomic mass is 9.99. The van der Waals surface area contributed by atoms with Gasteiger partial charge in [-0.1, -0.05) is 42.9 Å². The molecular formula is C20H19NS. The van der Waals surface area contributed by atoms with Crippen LogP contribution in [0.1, 0.15) is 42.0 Å². The van der Waals surface area contributed by atoms with Crippen LogP contribution < -0.4 is 0 Å². The van der Waals surface area contributed by atoms with Crippen LogP contribution in [0.25, 0.3) is 0 Å². The van der Waals surface area contributed by atoms with Gasteiger partial charge in [0.2, 0.25) is 0 Å². The van der Waals surface area contributed by atoms with Crippen molar-refractivity contribution in [2.45, 2.75) is 33.1 Å². The molecule has 2 aromatic rings. The van der Waals surface area contributed by atoms with Crippen molar-refractivity contribution in [2.24, 2.45) is 4.99 Å². The van der Waals surface area contributed by atoms with Crippen LogP contribution in [-0.2, 0) is 6.42 Å². The summed E-state index contributed by atoms with van der Waals surface area (Å²) in [6, 6.07) is 14.2. The molecular weight excluding hydrogens is 286 g/mol. The molecule has 0 aliphatic carbocycles. The molecule has 0 saturated heterocycles. The summed E-state index contributed by atoms with van der Waals surface area (Å²) in [5.74, 6) is 6.53. The van der Waals surface area contributed by atoms with Crippen molar-refractivity contribution in [1.29, 1.82) is 0 Å². The summed E-state index contributed by atoms with van der Waals surface area (Å²) in [6.45, 7) is 4.34. The van der Waals surface area contributed by atoms with Gasteiger partial charge >= 0.3 is 0 Å². The predicted octanol–water partition coefficient (Wildman–Crippen LogP) is 5.47. The molecule has 110 valence electrons. The molecule has 0 aromatic heterocycles. The van der Waals surface area contributed by atoms with Crippen LogP contribution in [0.3, 0.4) is 0 Å². The molecule has 0 fully saturated rings. The van der Waals surface area contributed by atoms with Crippen LogP contribution in [0.15, 0.2) is 47.5 Å². The molecule has 0 bridgehead atoms. The molecule has 2 heteroatoms. The van der Waals surface area contributed by atoms with E-state index in [9.17, 15) is 0 Å². The minimum Gasteiger partial charge on any atom is -0.195 e. The number of isothiocyanates is 1. The number of nitrogens with zero attached hydrogens (tertiary/aromatic N) is 1. The number of rotatable bonds is 4. The van der Waals surface area contributed by atoms with Gasteiger partial charge in [0.05, 0.1) is 10.8 Å². The Morgan fingerprint density at radius 3 is 2.50 bits per heavy atom. The van der Waals surface area contributed by atoms with E-state index in [4.69, 9.17) is 0 Å². The van der Waals surface area contributed by atoms with Crippen molar-refractivity contribution in [3.8, 4) is 11.8 Å². The summed E-state index contributed by atoms with van der Waals surface area (Å²) in [5.41, 5.74) is 5.54. The summed E-state index contributed by atoms with van der Waals surface area (Å²) in [6.07, 6.45) is 3.48. The summed E-state index contributed by atoms with van der Waals surface area (Å²) < 4.78 is 0. The van der Waals surface area contributed by atoms with Crippen molar-refractivity contribution >= 4 is 23.1 Å². The molecule has 0 atom stereocenters. The Balaban J connectivity index is 2.25. The monoisotopic (exact) mass is 305 g/mol. The van der Waals surface area contributed by atoms with E-state index in [2.05, 4.69) is 66.3 Å². The molecule has 2 rings (SSSR count). The van der Waals surface area contributed by atoms with E-state index in [1.807, 2.05) is 24.3 Å². The maximum atomic E-state index is 4.60. The summed E-state index contributed by atoms with van der Waals surface area (Å²) >= 11 is 4.60. The number of aryl methyl sites for hydroxylation is 2. The highest BCUT2D eigenvalue weighted by molar-refractivity contribution is 7.78. The molecule has 0 aliphatic rings. The fraction of sp³-hybridized carbons (Fsp3) is 0.250. The molecule has 1 nitrogen and oxygen atoms in total. The second kappa shape index (κ2) is 8.29. The predicted molar refractivity (Wildman–Crippen MR) is 96.9 cm³/mol. The molecule has 0 N–H and O–H groups in total. The van der Waals surface area contributed by atoms with Gasteiger partial charge in [0.15, 0.2) is 0 Å².